The standard InChI is InChI=1S/C6H8ClN3O/c1-2-11-10-6-8-3-5(7)4-9-6/h3-4H,2H2,1H3,(H,8,9,10). The van der Waals surface area contributed by atoms with Gasteiger partial charge < -0.3 is 0 Å². The predicted octanol–water partition coefficient (Wildman–Crippen LogP) is 1.49. The summed E-state index contributed by atoms with van der Waals surface area (Å²) < 4.78 is 0. The molecule has 1 N–H and O–H groups in total. The number of rotatable bonds is 3. The van der Waals surface area contributed by atoms with Crippen LogP contribution in [0.2, 0.25) is 5.02 Å². The highest BCUT2D eigenvalue weighted by atomic mass is 35.5. The third-order valence-electron chi connectivity index (χ3n) is 0.928. The van der Waals surface area contributed by atoms with Crippen molar-refractivity contribution in [3.8, 4) is 0 Å². The summed E-state index contributed by atoms with van der Waals surface area (Å²) in [6.45, 7) is 2.43. The quantitative estimate of drug-likeness (QED) is 0.704. The van der Waals surface area contributed by atoms with Crippen LogP contribution in [-0.4, -0.2) is 16.6 Å². The Morgan fingerprint density at radius 1 is 1.55 bits per heavy atom. The molecule has 1 aromatic heterocycles. The smallest absolute Gasteiger partial charge is 0.247 e. The first-order chi connectivity index (χ1) is 5.33. The molecule has 0 aromatic carbocycles. The molecule has 60 valence electrons. The second-order valence-electron chi connectivity index (χ2n) is 1.76. The minimum Gasteiger partial charge on any atom is -0.274 e. The fraction of sp³-hybridized carbons (Fsp3) is 0.333. The lowest BCUT2D eigenvalue weighted by atomic mass is 10.7. The van der Waals surface area contributed by atoms with Crippen molar-refractivity contribution in [2.45, 2.75) is 6.92 Å². The van der Waals surface area contributed by atoms with Gasteiger partial charge in [-0.25, -0.2) is 15.4 Å². The molecule has 4 nitrogen and oxygen atoms in total. The first-order valence-corrected chi connectivity index (χ1v) is 3.56. The highest BCUT2D eigenvalue weighted by Gasteiger charge is 1.92. The Morgan fingerprint density at radius 2 is 2.18 bits per heavy atom. The molecule has 0 atom stereocenters. The largest absolute Gasteiger partial charge is 0.274 e. The third kappa shape index (κ3) is 2.69. The predicted molar refractivity (Wildman–Crippen MR) is 42.3 cm³/mol. The minimum atomic E-state index is 0.413. The highest BCUT2D eigenvalue weighted by molar-refractivity contribution is 6.30. The van der Waals surface area contributed by atoms with Gasteiger partial charge in [0.2, 0.25) is 5.95 Å². The van der Waals surface area contributed by atoms with Crippen molar-refractivity contribution in [2.75, 3.05) is 12.1 Å². The average molecular weight is 174 g/mol. The molecular formula is C6H8ClN3O. The van der Waals surface area contributed by atoms with Gasteiger partial charge in [-0.3, -0.25) is 4.84 Å². The van der Waals surface area contributed by atoms with Gasteiger partial charge in [-0.15, -0.1) is 0 Å². The van der Waals surface area contributed by atoms with E-state index in [0.717, 1.165) is 0 Å². The minimum absolute atomic E-state index is 0.413. The Balaban J connectivity index is 2.52. The zero-order chi connectivity index (χ0) is 8.10. The molecule has 0 aliphatic heterocycles. The molecule has 1 heterocycles. The molecule has 1 rings (SSSR count). The molecule has 0 spiro atoms. The van der Waals surface area contributed by atoms with Crippen molar-refractivity contribution in [2.24, 2.45) is 0 Å². The highest BCUT2D eigenvalue weighted by Crippen LogP contribution is 2.04. The SMILES string of the molecule is CCONc1ncc(Cl)cn1. The summed E-state index contributed by atoms with van der Waals surface area (Å²) in [6, 6.07) is 0. The van der Waals surface area contributed by atoms with Crippen LogP contribution in [0.3, 0.4) is 0 Å². The van der Waals surface area contributed by atoms with Crippen molar-refractivity contribution in [3.63, 3.8) is 0 Å². The van der Waals surface area contributed by atoms with E-state index in [2.05, 4.69) is 15.4 Å². The summed E-state index contributed by atoms with van der Waals surface area (Å²) in [6.07, 6.45) is 2.99. The van der Waals surface area contributed by atoms with E-state index >= 15 is 0 Å². The number of hydrogen-bond donors (Lipinski definition) is 1. The Labute approximate surface area is 69.5 Å². The van der Waals surface area contributed by atoms with Crippen LogP contribution in [0.1, 0.15) is 6.92 Å². The molecule has 0 amide bonds. The maximum absolute atomic E-state index is 5.55. The van der Waals surface area contributed by atoms with Crippen LogP contribution in [0.5, 0.6) is 0 Å². The molecule has 0 unspecified atom stereocenters. The molecule has 0 aliphatic carbocycles. The summed E-state index contributed by atoms with van der Waals surface area (Å²) in [5.74, 6) is 0.413. The summed E-state index contributed by atoms with van der Waals surface area (Å²) in [4.78, 5) is 12.5. The average Bonchev–Trinajstić information content (AvgIpc) is 2.04. The third-order valence-corrected chi connectivity index (χ3v) is 1.12. The fourth-order valence-electron chi connectivity index (χ4n) is 0.502. The Kier molecular flexibility index (Phi) is 3.07. The molecule has 0 aliphatic rings. The van der Waals surface area contributed by atoms with E-state index in [1.807, 2.05) is 6.92 Å². The van der Waals surface area contributed by atoms with Gasteiger partial charge in [0, 0.05) is 0 Å². The van der Waals surface area contributed by atoms with Crippen LogP contribution in [0, 0.1) is 0 Å². The lowest BCUT2D eigenvalue weighted by Crippen LogP contribution is -2.03. The zero-order valence-corrected chi connectivity index (χ0v) is 6.80. The van der Waals surface area contributed by atoms with Crippen molar-refractivity contribution in [1.29, 1.82) is 0 Å². The van der Waals surface area contributed by atoms with E-state index in [1.165, 1.54) is 12.4 Å². The summed E-state index contributed by atoms with van der Waals surface area (Å²) in [7, 11) is 0. The van der Waals surface area contributed by atoms with Crippen LogP contribution in [0.15, 0.2) is 12.4 Å². The molecule has 1 aromatic rings. The normalized spacial score (nSPS) is 9.64. The summed E-state index contributed by atoms with van der Waals surface area (Å²) in [5, 5.41) is 0.507. The van der Waals surface area contributed by atoms with Gasteiger partial charge in [-0.2, -0.15) is 0 Å². The van der Waals surface area contributed by atoms with E-state index in [4.69, 9.17) is 16.4 Å². The van der Waals surface area contributed by atoms with Gasteiger partial charge in [-0.1, -0.05) is 11.6 Å². The van der Waals surface area contributed by atoms with Gasteiger partial charge in [0.25, 0.3) is 0 Å². The molecule has 5 heteroatoms. The number of nitrogens with zero attached hydrogens (tertiary/aromatic N) is 2. The molecule has 0 saturated carbocycles. The number of anilines is 1. The maximum Gasteiger partial charge on any atom is 0.247 e. The number of aromatic nitrogens is 2. The topological polar surface area (TPSA) is 47.0 Å². The monoisotopic (exact) mass is 173 g/mol. The van der Waals surface area contributed by atoms with Gasteiger partial charge >= 0.3 is 0 Å². The van der Waals surface area contributed by atoms with E-state index < -0.39 is 0 Å². The van der Waals surface area contributed by atoms with Crippen molar-refractivity contribution < 1.29 is 4.84 Å². The second kappa shape index (κ2) is 4.10. The first kappa shape index (κ1) is 8.23. The van der Waals surface area contributed by atoms with Crippen LogP contribution in [0.25, 0.3) is 0 Å². The first-order valence-electron chi connectivity index (χ1n) is 3.18. The van der Waals surface area contributed by atoms with E-state index in [-0.39, 0.29) is 0 Å². The van der Waals surface area contributed by atoms with Crippen LogP contribution in [0.4, 0.5) is 5.95 Å². The maximum atomic E-state index is 5.55. The summed E-state index contributed by atoms with van der Waals surface area (Å²) in [5.41, 5.74) is 2.54. The second-order valence-corrected chi connectivity index (χ2v) is 2.20. The van der Waals surface area contributed by atoms with Crippen LogP contribution >= 0.6 is 11.6 Å². The molecular weight excluding hydrogens is 166 g/mol. The number of halogens is 1. The van der Waals surface area contributed by atoms with Crippen molar-refractivity contribution >= 4 is 17.5 Å². The lowest BCUT2D eigenvalue weighted by molar-refractivity contribution is 0.207. The zero-order valence-electron chi connectivity index (χ0n) is 6.04. The molecule has 0 saturated heterocycles. The Morgan fingerprint density at radius 3 is 2.73 bits per heavy atom. The van der Waals surface area contributed by atoms with E-state index in [0.29, 0.717) is 17.6 Å². The van der Waals surface area contributed by atoms with Crippen molar-refractivity contribution in [1.82, 2.24) is 9.97 Å². The Bertz CT molecular complexity index is 214. The Hall–Kier alpha value is -0.870. The van der Waals surface area contributed by atoms with Gasteiger partial charge in [0.15, 0.2) is 0 Å². The van der Waals surface area contributed by atoms with Crippen LogP contribution < -0.4 is 5.48 Å². The molecule has 11 heavy (non-hydrogen) atoms. The van der Waals surface area contributed by atoms with Gasteiger partial charge in [-0.05, 0) is 6.92 Å². The lowest BCUT2D eigenvalue weighted by Gasteiger charge is -2.00. The van der Waals surface area contributed by atoms with E-state index in [1.54, 1.807) is 0 Å². The summed E-state index contributed by atoms with van der Waals surface area (Å²) >= 11 is 5.55. The molecule has 0 fully saturated rings. The fourth-order valence-corrected chi connectivity index (χ4v) is 0.599. The van der Waals surface area contributed by atoms with E-state index in [9.17, 15) is 0 Å². The van der Waals surface area contributed by atoms with Gasteiger partial charge in [0.1, 0.15) is 0 Å². The number of hydrogen-bond acceptors (Lipinski definition) is 4. The molecule has 0 radical (unpaired) electrons. The number of nitrogens with one attached hydrogen (secondary N) is 1. The van der Waals surface area contributed by atoms with Crippen LogP contribution in [-0.2, 0) is 4.84 Å². The van der Waals surface area contributed by atoms with Crippen molar-refractivity contribution in [3.05, 3.63) is 17.4 Å². The molecule has 0 bridgehead atoms. The van der Waals surface area contributed by atoms with Gasteiger partial charge in [0.05, 0.1) is 24.0 Å².